The van der Waals surface area contributed by atoms with Gasteiger partial charge in [0.05, 0.1) is 19.3 Å². The zero-order valence-corrected chi connectivity index (χ0v) is 14.6. The summed E-state index contributed by atoms with van der Waals surface area (Å²) < 4.78 is 29.0. The van der Waals surface area contributed by atoms with Gasteiger partial charge in [0.2, 0.25) is 21.8 Å². The Kier molecular flexibility index (Phi) is 5.45. The molecule has 0 fully saturated rings. The summed E-state index contributed by atoms with van der Waals surface area (Å²) in [6, 6.07) is 5.13. The summed E-state index contributed by atoms with van der Waals surface area (Å²) in [4.78, 5) is 24.2. The van der Waals surface area contributed by atoms with Crippen molar-refractivity contribution in [3.8, 4) is 5.75 Å². The highest BCUT2D eigenvalue weighted by Gasteiger charge is 2.31. The number of rotatable bonds is 6. The van der Waals surface area contributed by atoms with Gasteiger partial charge >= 0.3 is 0 Å². The second kappa shape index (κ2) is 7.18. The van der Waals surface area contributed by atoms with Crippen LogP contribution in [-0.4, -0.2) is 58.0 Å². The number of benzene rings is 1. The zero-order valence-electron chi connectivity index (χ0n) is 13.8. The van der Waals surface area contributed by atoms with E-state index in [0.29, 0.717) is 17.0 Å². The van der Waals surface area contributed by atoms with Crippen LogP contribution in [-0.2, 0) is 19.6 Å². The van der Waals surface area contributed by atoms with Crippen molar-refractivity contribution in [2.45, 2.75) is 12.3 Å². The first-order valence-corrected chi connectivity index (χ1v) is 9.24. The second-order valence-corrected chi connectivity index (χ2v) is 7.72. The number of hydrogen-bond donors (Lipinski definition) is 2. The molecule has 0 saturated heterocycles. The minimum Gasteiger partial charge on any atom is -0.497 e. The van der Waals surface area contributed by atoms with Gasteiger partial charge in [-0.25, -0.2) is 12.7 Å². The monoisotopic (exact) mass is 355 g/mol. The number of ether oxygens (including phenoxy) is 1. The molecule has 9 heteroatoms. The highest BCUT2D eigenvalue weighted by molar-refractivity contribution is 7.88. The molecular formula is C15H21N3O5S. The molecule has 1 heterocycles. The van der Waals surface area contributed by atoms with E-state index in [1.54, 1.807) is 18.2 Å². The average molecular weight is 355 g/mol. The van der Waals surface area contributed by atoms with Crippen LogP contribution in [0.2, 0.25) is 0 Å². The van der Waals surface area contributed by atoms with Crippen molar-refractivity contribution in [2.24, 2.45) is 0 Å². The van der Waals surface area contributed by atoms with E-state index in [-0.39, 0.29) is 31.3 Å². The van der Waals surface area contributed by atoms with Crippen molar-refractivity contribution in [3.05, 3.63) is 23.8 Å². The molecule has 2 amide bonds. The number of carbonyl (C=O) groups excluding carboxylic acids is 2. The molecule has 132 valence electrons. The van der Waals surface area contributed by atoms with Gasteiger partial charge in [0.15, 0.2) is 0 Å². The van der Waals surface area contributed by atoms with Gasteiger partial charge in [0, 0.05) is 32.2 Å². The largest absolute Gasteiger partial charge is 0.497 e. The van der Waals surface area contributed by atoms with Gasteiger partial charge in [-0.15, -0.1) is 0 Å². The maximum absolute atomic E-state index is 12.4. The van der Waals surface area contributed by atoms with Crippen LogP contribution in [0.1, 0.15) is 17.9 Å². The Bertz CT molecular complexity index is 747. The average Bonchev–Trinajstić information content (AvgIpc) is 2.52. The van der Waals surface area contributed by atoms with Crippen LogP contribution < -0.4 is 15.4 Å². The Morgan fingerprint density at radius 3 is 2.79 bits per heavy atom. The number of amides is 2. The number of fused-ring (bicyclic) bond motifs is 1. The maximum atomic E-state index is 12.4. The third-order valence-corrected chi connectivity index (χ3v) is 5.22. The summed E-state index contributed by atoms with van der Waals surface area (Å²) in [5.74, 6) is -0.589. The van der Waals surface area contributed by atoms with Gasteiger partial charge in [-0.2, -0.15) is 0 Å². The number of sulfonamides is 1. The number of anilines is 1. The molecule has 0 bridgehead atoms. The summed E-state index contributed by atoms with van der Waals surface area (Å²) in [7, 11) is -0.323. The third kappa shape index (κ3) is 4.24. The zero-order chi connectivity index (χ0) is 17.9. The number of carbonyl (C=O) groups is 2. The van der Waals surface area contributed by atoms with Crippen LogP contribution in [0.3, 0.4) is 0 Å². The van der Waals surface area contributed by atoms with Crippen molar-refractivity contribution in [2.75, 3.05) is 38.8 Å². The van der Waals surface area contributed by atoms with Crippen molar-refractivity contribution in [1.29, 1.82) is 0 Å². The number of likely N-dealkylation sites (N-methyl/N-ethyl adjacent to an activating group) is 1. The molecule has 0 spiro atoms. The Balaban J connectivity index is 2.08. The van der Waals surface area contributed by atoms with Gasteiger partial charge < -0.3 is 15.4 Å². The summed E-state index contributed by atoms with van der Waals surface area (Å²) >= 11 is 0. The Morgan fingerprint density at radius 1 is 1.46 bits per heavy atom. The standard InChI is InChI=1S/C15H21N3O5S/c1-18(24(3,21)22)7-6-16-15(20)12-9-14(19)17-13-5-4-10(23-2)8-11(12)13/h4-5,8,12H,6-7,9H2,1-3H3,(H,16,20)(H,17,19)/t12-/m0/s1. The minimum absolute atomic E-state index is 0.0356. The van der Waals surface area contributed by atoms with Crippen molar-refractivity contribution in [3.63, 3.8) is 0 Å². The topological polar surface area (TPSA) is 105 Å². The molecular weight excluding hydrogens is 334 g/mol. The first-order valence-electron chi connectivity index (χ1n) is 7.39. The van der Waals surface area contributed by atoms with Crippen LogP contribution in [0.5, 0.6) is 5.75 Å². The van der Waals surface area contributed by atoms with Crippen molar-refractivity contribution in [1.82, 2.24) is 9.62 Å². The Hall–Kier alpha value is -2.13. The van der Waals surface area contributed by atoms with E-state index < -0.39 is 15.9 Å². The van der Waals surface area contributed by atoms with E-state index in [1.165, 1.54) is 14.2 Å². The van der Waals surface area contributed by atoms with Crippen LogP contribution in [0.15, 0.2) is 18.2 Å². The molecule has 0 aliphatic carbocycles. The van der Waals surface area contributed by atoms with E-state index in [0.717, 1.165) is 10.6 Å². The number of hydrogen-bond acceptors (Lipinski definition) is 5. The van der Waals surface area contributed by atoms with Gasteiger partial charge in [0.1, 0.15) is 5.75 Å². The lowest BCUT2D eigenvalue weighted by molar-refractivity contribution is -0.126. The summed E-state index contributed by atoms with van der Waals surface area (Å²) in [5, 5.41) is 5.42. The molecule has 2 N–H and O–H groups in total. The van der Waals surface area contributed by atoms with Gasteiger partial charge in [-0.3, -0.25) is 9.59 Å². The van der Waals surface area contributed by atoms with Gasteiger partial charge in [-0.1, -0.05) is 0 Å². The number of nitrogens with zero attached hydrogens (tertiary/aromatic N) is 1. The van der Waals surface area contributed by atoms with Crippen LogP contribution in [0, 0.1) is 0 Å². The predicted octanol–water partition coefficient (Wildman–Crippen LogP) is 0.129. The molecule has 0 unspecified atom stereocenters. The summed E-state index contributed by atoms with van der Waals surface area (Å²) in [6.45, 7) is 0.328. The van der Waals surface area contributed by atoms with E-state index >= 15 is 0 Å². The number of nitrogens with one attached hydrogen (secondary N) is 2. The first kappa shape index (κ1) is 18.2. The highest BCUT2D eigenvalue weighted by atomic mass is 32.2. The normalized spacial score (nSPS) is 17.2. The van der Waals surface area contributed by atoms with E-state index in [9.17, 15) is 18.0 Å². The molecule has 1 aliphatic rings. The molecule has 1 aliphatic heterocycles. The van der Waals surface area contributed by atoms with E-state index in [2.05, 4.69) is 10.6 Å². The third-order valence-electron chi connectivity index (χ3n) is 3.91. The highest BCUT2D eigenvalue weighted by Crippen LogP contribution is 2.34. The lowest BCUT2D eigenvalue weighted by Crippen LogP contribution is -2.39. The van der Waals surface area contributed by atoms with E-state index in [1.807, 2.05) is 0 Å². The second-order valence-electron chi connectivity index (χ2n) is 5.63. The molecule has 1 atom stereocenters. The molecule has 0 saturated carbocycles. The molecule has 1 aromatic carbocycles. The molecule has 8 nitrogen and oxygen atoms in total. The maximum Gasteiger partial charge on any atom is 0.228 e. The molecule has 24 heavy (non-hydrogen) atoms. The molecule has 2 rings (SSSR count). The fourth-order valence-electron chi connectivity index (χ4n) is 2.43. The fourth-order valence-corrected chi connectivity index (χ4v) is 2.85. The lowest BCUT2D eigenvalue weighted by Gasteiger charge is -2.25. The fraction of sp³-hybridized carbons (Fsp3) is 0.467. The van der Waals surface area contributed by atoms with Gasteiger partial charge in [-0.05, 0) is 23.8 Å². The quantitative estimate of drug-likeness (QED) is 0.755. The summed E-state index contributed by atoms with van der Waals surface area (Å²) in [5.41, 5.74) is 1.27. The molecule has 1 aromatic rings. The smallest absolute Gasteiger partial charge is 0.228 e. The predicted molar refractivity (Wildman–Crippen MR) is 89.5 cm³/mol. The Morgan fingerprint density at radius 2 is 2.17 bits per heavy atom. The first-order chi connectivity index (χ1) is 11.2. The molecule has 0 radical (unpaired) electrons. The number of methoxy groups -OCH3 is 1. The van der Waals surface area contributed by atoms with Crippen LogP contribution in [0.4, 0.5) is 5.69 Å². The Labute approximate surface area is 141 Å². The van der Waals surface area contributed by atoms with Crippen LogP contribution in [0.25, 0.3) is 0 Å². The van der Waals surface area contributed by atoms with Gasteiger partial charge in [0.25, 0.3) is 0 Å². The van der Waals surface area contributed by atoms with Crippen molar-refractivity contribution < 1.29 is 22.7 Å². The molecule has 0 aromatic heterocycles. The minimum atomic E-state index is -3.29. The SMILES string of the molecule is COc1ccc2c(c1)[C@@H](C(=O)NCCN(C)S(C)(=O)=O)CC(=O)N2. The lowest BCUT2D eigenvalue weighted by atomic mass is 9.89. The summed E-state index contributed by atoms with van der Waals surface area (Å²) in [6.07, 6.45) is 1.14. The van der Waals surface area contributed by atoms with Crippen LogP contribution >= 0.6 is 0 Å². The van der Waals surface area contributed by atoms with E-state index in [4.69, 9.17) is 4.74 Å². The van der Waals surface area contributed by atoms with Crippen molar-refractivity contribution >= 4 is 27.5 Å².